The predicted octanol–water partition coefficient (Wildman–Crippen LogP) is -0.165. The average Bonchev–Trinajstić information content (AvgIpc) is 2.51. The first-order valence-electron chi connectivity index (χ1n) is 5.75. The molecule has 5 nitrogen and oxygen atoms in total. The quantitative estimate of drug-likeness (QED) is 0.665. The summed E-state index contributed by atoms with van der Waals surface area (Å²) in [4.78, 5) is 11.6. The van der Waals surface area contributed by atoms with Crippen molar-refractivity contribution in [3.63, 3.8) is 0 Å². The van der Waals surface area contributed by atoms with Crippen molar-refractivity contribution < 1.29 is 13.2 Å². The Morgan fingerprint density at radius 2 is 2.22 bits per heavy atom. The Morgan fingerprint density at radius 3 is 2.72 bits per heavy atom. The first-order valence-corrected chi connectivity index (χ1v) is 9.17. The van der Waals surface area contributed by atoms with Gasteiger partial charge in [0.2, 0.25) is 5.91 Å². The van der Waals surface area contributed by atoms with Crippen LogP contribution in [0.15, 0.2) is 0 Å². The third-order valence-electron chi connectivity index (χ3n) is 2.67. The minimum absolute atomic E-state index is 0.0587. The number of sulfone groups is 1. The Hall–Kier alpha value is 0.0200. The number of hydrogen-bond acceptors (Lipinski definition) is 5. The van der Waals surface area contributed by atoms with Crippen LogP contribution in [0.5, 0.6) is 0 Å². The van der Waals surface area contributed by atoms with Gasteiger partial charge in [0.05, 0.1) is 28.7 Å². The van der Waals surface area contributed by atoms with Crippen LogP contribution in [0.1, 0.15) is 6.92 Å². The smallest absolute Gasteiger partial charge is 0.230 e. The van der Waals surface area contributed by atoms with Crippen LogP contribution in [0.2, 0.25) is 0 Å². The largest absolute Gasteiger partial charge is 0.350 e. The molecule has 0 aromatic carbocycles. The van der Waals surface area contributed by atoms with Crippen molar-refractivity contribution in [2.45, 2.75) is 18.3 Å². The zero-order chi connectivity index (χ0) is 13.8. The van der Waals surface area contributed by atoms with E-state index in [9.17, 15) is 13.2 Å². The van der Waals surface area contributed by atoms with E-state index in [0.717, 1.165) is 5.75 Å². The van der Waals surface area contributed by atoms with Gasteiger partial charge < -0.3 is 11.1 Å². The van der Waals surface area contributed by atoms with Crippen molar-refractivity contribution in [2.24, 2.45) is 11.7 Å². The number of alkyl halides is 1. The molecule has 0 radical (unpaired) electrons. The summed E-state index contributed by atoms with van der Waals surface area (Å²) in [5, 5.41) is 2.15. The van der Waals surface area contributed by atoms with E-state index >= 15 is 0 Å². The van der Waals surface area contributed by atoms with Gasteiger partial charge in [-0.25, -0.2) is 8.42 Å². The van der Waals surface area contributed by atoms with Crippen molar-refractivity contribution in [2.75, 3.05) is 29.6 Å². The van der Waals surface area contributed by atoms with Crippen LogP contribution in [0, 0.1) is 5.92 Å². The normalized spacial score (nSPS) is 27.9. The second-order valence-electron chi connectivity index (χ2n) is 4.62. The second-order valence-corrected chi connectivity index (χ2v) is 8.37. The SMILES string of the molecule is CC(CN)CSCC(=O)NC1CS(=O)(=O)CC1Cl. The van der Waals surface area contributed by atoms with E-state index in [0.29, 0.717) is 18.2 Å². The Labute approximate surface area is 117 Å². The minimum Gasteiger partial charge on any atom is -0.350 e. The van der Waals surface area contributed by atoms with Crippen LogP contribution < -0.4 is 11.1 Å². The number of carbonyl (C=O) groups excluding carboxylic acids is 1. The molecule has 1 fully saturated rings. The highest BCUT2D eigenvalue weighted by Crippen LogP contribution is 2.18. The van der Waals surface area contributed by atoms with Crippen LogP contribution in [-0.2, 0) is 14.6 Å². The molecule has 18 heavy (non-hydrogen) atoms. The average molecular weight is 315 g/mol. The van der Waals surface area contributed by atoms with Gasteiger partial charge in [0, 0.05) is 0 Å². The van der Waals surface area contributed by atoms with Crippen molar-refractivity contribution in [3.05, 3.63) is 0 Å². The molecular formula is C10H19ClN2O3S2. The van der Waals surface area contributed by atoms with Crippen molar-refractivity contribution in [1.29, 1.82) is 0 Å². The Balaban J connectivity index is 2.29. The van der Waals surface area contributed by atoms with Gasteiger partial charge in [0.25, 0.3) is 0 Å². The molecule has 0 spiro atoms. The molecule has 0 bridgehead atoms. The monoisotopic (exact) mass is 314 g/mol. The molecule has 0 saturated carbocycles. The van der Waals surface area contributed by atoms with E-state index < -0.39 is 21.3 Å². The molecule has 3 unspecified atom stereocenters. The van der Waals surface area contributed by atoms with Crippen LogP contribution in [0.4, 0.5) is 0 Å². The molecule has 1 amide bonds. The minimum atomic E-state index is -3.10. The molecule has 1 aliphatic rings. The van der Waals surface area contributed by atoms with Gasteiger partial charge in [0.15, 0.2) is 9.84 Å². The maximum atomic E-state index is 11.6. The Morgan fingerprint density at radius 1 is 1.56 bits per heavy atom. The summed E-state index contributed by atoms with van der Waals surface area (Å²) in [6.07, 6.45) is 0. The number of thioether (sulfide) groups is 1. The van der Waals surface area contributed by atoms with Gasteiger partial charge in [0.1, 0.15) is 0 Å². The molecular weight excluding hydrogens is 296 g/mol. The number of carbonyl (C=O) groups is 1. The summed E-state index contributed by atoms with van der Waals surface area (Å²) < 4.78 is 22.6. The van der Waals surface area contributed by atoms with Gasteiger partial charge in [-0.05, 0) is 18.2 Å². The summed E-state index contributed by atoms with van der Waals surface area (Å²) in [6, 6.07) is -0.461. The zero-order valence-corrected chi connectivity index (χ0v) is 12.7. The molecule has 8 heteroatoms. The summed E-state index contributed by atoms with van der Waals surface area (Å²) in [5.41, 5.74) is 5.47. The maximum absolute atomic E-state index is 11.6. The summed E-state index contributed by atoms with van der Waals surface area (Å²) in [5.74, 6) is 1.21. The third-order valence-corrected chi connectivity index (χ3v) is 6.31. The molecule has 0 aliphatic carbocycles. The molecule has 3 N–H and O–H groups in total. The topological polar surface area (TPSA) is 89.3 Å². The molecule has 1 aliphatic heterocycles. The predicted molar refractivity (Wildman–Crippen MR) is 75.8 cm³/mol. The van der Waals surface area contributed by atoms with E-state index in [-0.39, 0.29) is 17.4 Å². The van der Waals surface area contributed by atoms with E-state index in [1.54, 1.807) is 0 Å². The first kappa shape index (κ1) is 16.1. The Kier molecular flexibility index (Phi) is 6.23. The molecule has 0 aromatic rings. The first-order chi connectivity index (χ1) is 8.34. The number of amides is 1. The number of rotatable bonds is 6. The fraction of sp³-hybridized carbons (Fsp3) is 0.900. The maximum Gasteiger partial charge on any atom is 0.230 e. The van der Waals surface area contributed by atoms with Crippen LogP contribution in [-0.4, -0.2) is 55.3 Å². The van der Waals surface area contributed by atoms with Crippen LogP contribution >= 0.6 is 23.4 Å². The second kappa shape index (κ2) is 6.98. The molecule has 1 heterocycles. The van der Waals surface area contributed by atoms with Crippen LogP contribution in [0.3, 0.4) is 0 Å². The van der Waals surface area contributed by atoms with Gasteiger partial charge in [-0.2, -0.15) is 11.8 Å². The molecule has 3 atom stereocenters. The van der Waals surface area contributed by atoms with Gasteiger partial charge in [-0.3, -0.25) is 4.79 Å². The fourth-order valence-electron chi connectivity index (χ4n) is 1.61. The Bertz CT molecular complexity index is 389. The number of hydrogen-bond donors (Lipinski definition) is 2. The van der Waals surface area contributed by atoms with Gasteiger partial charge in [-0.1, -0.05) is 6.92 Å². The van der Waals surface area contributed by atoms with Gasteiger partial charge >= 0.3 is 0 Å². The van der Waals surface area contributed by atoms with Crippen molar-refractivity contribution in [3.8, 4) is 0 Å². The van der Waals surface area contributed by atoms with E-state index in [1.807, 2.05) is 6.92 Å². The van der Waals surface area contributed by atoms with Crippen molar-refractivity contribution in [1.82, 2.24) is 5.32 Å². The van der Waals surface area contributed by atoms with E-state index in [1.165, 1.54) is 11.8 Å². The molecule has 1 rings (SSSR count). The molecule has 106 valence electrons. The molecule has 0 aromatic heterocycles. The standard InChI is InChI=1S/C10H19ClN2O3S2/c1-7(2-12)3-17-4-10(14)13-9-6-18(15,16)5-8(9)11/h7-9H,2-6,12H2,1H3,(H,13,14). The highest BCUT2D eigenvalue weighted by Gasteiger charge is 2.37. The summed E-state index contributed by atoms with van der Waals surface area (Å²) >= 11 is 7.39. The highest BCUT2D eigenvalue weighted by molar-refractivity contribution is 7.99. The number of nitrogens with two attached hydrogens (primary N) is 1. The summed E-state index contributed by atoms with van der Waals surface area (Å²) in [6.45, 7) is 2.61. The lowest BCUT2D eigenvalue weighted by Gasteiger charge is -2.14. The third kappa shape index (κ3) is 5.34. The fourth-order valence-corrected chi connectivity index (χ4v) is 5.08. The zero-order valence-electron chi connectivity index (χ0n) is 10.3. The lowest BCUT2D eigenvalue weighted by molar-refractivity contribution is -0.119. The number of nitrogens with one attached hydrogen (secondary N) is 1. The van der Waals surface area contributed by atoms with Crippen molar-refractivity contribution >= 4 is 39.1 Å². The molecule has 1 saturated heterocycles. The summed E-state index contributed by atoms with van der Waals surface area (Å²) in [7, 11) is -3.10. The lowest BCUT2D eigenvalue weighted by atomic mass is 10.2. The van der Waals surface area contributed by atoms with Crippen LogP contribution in [0.25, 0.3) is 0 Å². The highest BCUT2D eigenvalue weighted by atomic mass is 35.5. The van der Waals surface area contributed by atoms with E-state index in [2.05, 4.69) is 5.32 Å². The van der Waals surface area contributed by atoms with Gasteiger partial charge in [-0.15, -0.1) is 11.6 Å². The van der Waals surface area contributed by atoms with E-state index in [4.69, 9.17) is 17.3 Å². The number of halogens is 1. The lowest BCUT2D eigenvalue weighted by Crippen LogP contribution is -2.41.